The lowest BCUT2D eigenvalue weighted by Gasteiger charge is -2.34. The first-order valence-electron chi connectivity index (χ1n) is 11.9. The zero-order chi connectivity index (χ0) is 25.5. The van der Waals surface area contributed by atoms with Crippen LogP contribution >= 0.6 is 0 Å². The molecule has 2 heterocycles. The topological polar surface area (TPSA) is 43.7 Å². The molecule has 1 atom stereocenters. The predicted molar refractivity (Wildman–Crippen MR) is 140 cm³/mol. The molecule has 186 valence electrons. The monoisotopic (exact) mass is 478 g/mol. The molecule has 0 saturated carbocycles. The summed E-state index contributed by atoms with van der Waals surface area (Å²) in [6.45, 7) is 9.54. The third-order valence-electron chi connectivity index (χ3n) is 6.51. The Labute approximate surface area is 207 Å². The summed E-state index contributed by atoms with van der Waals surface area (Å²) in [5.74, 6) is -0.171. The van der Waals surface area contributed by atoms with E-state index >= 15 is 0 Å². The van der Waals surface area contributed by atoms with E-state index in [4.69, 9.17) is 4.74 Å². The van der Waals surface area contributed by atoms with E-state index in [9.17, 15) is 9.18 Å². The Morgan fingerprint density at radius 3 is 2.43 bits per heavy atom. The number of rotatable bonds is 7. The molecule has 6 heteroatoms. The molecule has 4 rings (SSSR count). The molecule has 0 radical (unpaired) electrons. The minimum atomic E-state index is -0.171. The number of benzene rings is 2. The first kappa shape index (κ1) is 26.2. The van der Waals surface area contributed by atoms with Gasteiger partial charge in [-0.2, -0.15) is 0 Å². The summed E-state index contributed by atoms with van der Waals surface area (Å²) in [6, 6.07) is 13.6. The number of methoxy groups -OCH3 is 1. The summed E-state index contributed by atoms with van der Waals surface area (Å²) in [4.78, 5) is 11.3. The van der Waals surface area contributed by atoms with E-state index in [-0.39, 0.29) is 12.0 Å². The van der Waals surface area contributed by atoms with Crippen LogP contribution in [0.5, 0.6) is 0 Å². The lowest BCUT2D eigenvalue weighted by Crippen LogP contribution is -2.34. The maximum absolute atomic E-state index is 14.4. The molecule has 1 aliphatic rings. The number of allylic oxidation sites excluding steroid dienone is 3. The zero-order valence-electron chi connectivity index (χ0n) is 21.5. The highest BCUT2D eigenvalue weighted by molar-refractivity contribution is 5.96. The second-order valence-corrected chi connectivity index (χ2v) is 8.52. The van der Waals surface area contributed by atoms with Gasteiger partial charge in [-0.15, -0.1) is 0 Å². The Hall–Kier alpha value is -3.38. The predicted octanol–water partition coefficient (Wildman–Crippen LogP) is 6.08. The summed E-state index contributed by atoms with van der Waals surface area (Å²) >= 11 is 0. The highest BCUT2D eigenvalue weighted by Crippen LogP contribution is 2.38. The molecule has 0 N–H and O–H groups in total. The van der Waals surface area contributed by atoms with E-state index < -0.39 is 0 Å². The molecular weight excluding hydrogens is 443 g/mol. The van der Waals surface area contributed by atoms with Crippen molar-refractivity contribution in [2.45, 2.75) is 46.9 Å². The van der Waals surface area contributed by atoms with E-state index in [2.05, 4.69) is 72.4 Å². The second kappa shape index (κ2) is 11.8. The number of likely N-dealkylation sites (N-methyl/N-ethyl adjacent to an activating group) is 1. The van der Waals surface area contributed by atoms with E-state index in [0.717, 1.165) is 28.9 Å². The Balaban J connectivity index is 0.000000623. The number of halogens is 1. The first-order valence-corrected chi connectivity index (χ1v) is 11.9. The molecule has 0 bridgehead atoms. The van der Waals surface area contributed by atoms with Crippen LogP contribution in [0.4, 0.5) is 4.39 Å². The highest BCUT2D eigenvalue weighted by atomic mass is 19.1. The molecular formula is C29H35FN2O3. The van der Waals surface area contributed by atoms with Gasteiger partial charge in [0.25, 0.3) is 6.47 Å². The lowest BCUT2D eigenvalue weighted by atomic mass is 9.96. The summed E-state index contributed by atoms with van der Waals surface area (Å²) in [6.07, 6.45) is 5.11. The molecule has 5 nitrogen and oxygen atoms in total. The highest BCUT2D eigenvalue weighted by Gasteiger charge is 2.28. The van der Waals surface area contributed by atoms with Crippen LogP contribution in [0, 0.1) is 12.7 Å². The molecule has 1 aliphatic heterocycles. The lowest BCUT2D eigenvalue weighted by molar-refractivity contribution is -0.128. The number of carbonyl (C=O) groups is 1. The van der Waals surface area contributed by atoms with Crippen LogP contribution in [-0.2, 0) is 27.2 Å². The molecule has 3 aromatic rings. The maximum atomic E-state index is 14.4. The van der Waals surface area contributed by atoms with E-state index in [1.807, 2.05) is 12.1 Å². The molecule has 35 heavy (non-hydrogen) atoms. The number of aryl methyl sites for hydroxylation is 1. The van der Waals surface area contributed by atoms with Crippen molar-refractivity contribution >= 4 is 22.9 Å². The number of nitrogens with zero attached hydrogens (tertiary/aromatic N) is 2. The molecule has 1 unspecified atom stereocenters. The fourth-order valence-electron chi connectivity index (χ4n) is 4.48. The van der Waals surface area contributed by atoms with Gasteiger partial charge in [0.1, 0.15) is 5.82 Å². The van der Waals surface area contributed by atoms with Gasteiger partial charge in [-0.1, -0.05) is 37.3 Å². The average molecular weight is 479 g/mol. The van der Waals surface area contributed by atoms with E-state index in [1.165, 1.54) is 22.6 Å². The number of hydrogen-bond donors (Lipinski definition) is 0. The Bertz CT molecular complexity index is 1240. The molecule has 0 aliphatic carbocycles. The van der Waals surface area contributed by atoms with Crippen LogP contribution in [-0.4, -0.2) is 42.9 Å². The third-order valence-corrected chi connectivity index (χ3v) is 6.51. The van der Waals surface area contributed by atoms with Crippen molar-refractivity contribution in [1.82, 2.24) is 9.47 Å². The number of hydrogen-bond acceptors (Lipinski definition) is 4. The molecule has 1 aromatic heterocycles. The Morgan fingerprint density at radius 1 is 1.09 bits per heavy atom. The Kier molecular flexibility index (Phi) is 8.88. The molecule has 0 saturated heterocycles. The first-order chi connectivity index (χ1) is 16.9. The van der Waals surface area contributed by atoms with Gasteiger partial charge in [-0.25, -0.2) is 4.39 Å². The van der Waals surface area contributed by atoms with E-state index in [0.29, 0.717) is 25.2 Å². The van der Waals surface area contributed by atoms with Gasteiger partial charge >= 0.3 is 0 Å². The van der Waals surface area contributed by atoms with E-state index in [1.54, 1.807) is 20.1 Å². The average Bonchev–Trinajstić information content (AvgIpc) is 3.13. The van der Waals surface area contributed by atoms with Crippen molar-refractivity contribution in [3.63, 3.8) is 0 Å². The van der Waals surface area contributed by atoms with Crippen molar-refractivity contribution in [3.05, 3.63) is 88.5 Å². The molecule has 0 fully saturated rings. The van der Waals surface area contributed by atoms with Crippen LogP contribution < -0.4 is 0 Å². The van der Waals surface area contributed by atoms with Crippen LogP contribution in [0.2, 0.25) is 0 Å². The van der Waals surface area contributed by atoms with Crippen molar-refractivity contribution < 1.29 is 18.7 Å². The summed E-state index contributed by atoms with van der Waals surface area (Å²) in [7, 11) is 3.80. The standard InChI is InChI=1S/C26H29FN2O.C3H6O2/c1-6-19-12-14-24-22(15-19)25(21-13-11-17(2)28(4)26(21)30-5)18(3)29(24)16-20-9-7-8-10-23(20)27;1-2-5-3-4/h7-15,26H,6,16H2,1-5H3;3H,2H2,1H3. The van der Waals surface area contributed by atoms with Gasteiger partial charge in [0.05, 0.1) is 13.2 Å². The van der Waals surface area contributed by atoms with Crippen LogP contribution in [0.1, 0.15) is 43.2 Å². The second-order valence-electron chi connectivity index (χ2n) is 8.52. The molecule has 0 spiro atoms. The van der Waals surface area contributed by atoms with Gasteiger partial charge in [-0.3, -0.25) is 4.79 Å². The largest absolute Gasteiger partial charge is 0.468 e. The normalized spacial score (nSPS) is 15.3. The van der Waals surface area contributed by atoms with Crippen LogP contribution in [0.15, 0.2) is 60.3 Å². The SMILES string of the molecule is CCOC=O.CCc1ccc2c(c1)c(C1=CC=C(C)N(C)C1OC)c(C)n2Cc1ccccc1F. The quantitative estimate of drug-likeness (QED) is 0.386. The minimum Gasteiger partial charge on any atom is -0.468 e. The van der Waals surface area contributed by atoms with Gasteiger partial charge in [0.2, 0.25) is 0 Å². The van der Waals surface area contributed by atoms with Gasteiger partial charge in [0, 0.05) is 53.2 Å². The van der Waals surface area contributed by atoms with Crippen molar-refractivity contribution in [2.24, 2.45) is 0 Å². The van der Waals surface area contributed by atoms with Crippen LogP contribution in [0.3, 0.4) is 0 Å². The number of carbonyl (C=O) groups excluding carboxylic acids is 1. The van der Waals surface area contributed by atoms with Gasteiger partial charge in [-0.05, 0) is 57.0 Å². The summed E-state index contributed by atoms with van der Waals surface area (Å²) in [5, 5.41) is 1.19. The smallest absolute Gasteiger partial charge is 0.293 e. The van der Waals surface area contributed by atoms with Crippen molar-refractivity contribution in [3.8, 4) is 0 Å². The zero-order valence-corrected chi connectivity index (χ0v) is 21.5. The van der Waals surface area contributed by atoms with Gasteiger partial charge in [0.15, 0.2) is 6.23 Å². The number of fused-ring (bicyclic) bond motifs is 1. The Morgan fingerprint density at radius 2 is 1.83 bits per heavy atom. The minimum absolute atomic E-state index is 0.161. The summed E-state index contributed by atoms with van der Waals surface area (Å²) < 4.78 is 26.7. The molecule has 0 amide bonds. The maximum Gasteiger partial charge on any atom is 0.293 e. The number of ether oxygens (including phenoxy) is 2. The third kappa shape index (κ3) is 5.49. The molecule has 2 aromatic carbocycles. The van der Waals surface area contributed by atoms with Gasteiger partial charge < -0.3 is 18.9 Å². The number of aromatic nitrogens is 1. The van der Waals surface area contributed by atoms with Crippen molar-refractivity contribution in [2.75, 3.05) is 20.8 Å². The van der Waals surface area contributed by atoms with Crippen molar-refractivity contribution in [1.29, 1.82) is 0 Å². The summed E-state index contributed by atoms with van der Waals surface area (Å²) in [5.41, 5.74) is 7.69. The fraction of sp³-hybridized carbons (Fsp3) is 0.345. The fourth-order valence-corrected chi connectivity index (χ4v) is 4.48. The van der Waals surface area contributed by atoms with Crippen LogP contribution in [0.25, 0.3) is 16.5 Å².